The Balaban J connectivity index is 2.42. The van der Waals surface area contributed by atoms with E-state index in [-0.39, 0.29) is 5.78 Å². The Morgan fingerprint density at radius 3 is 2.94 bits per heavy atom. The maximum Gasteiger partial charge on any atom is 0.152 e. The number of nitrogens with zero attached hydrogens (tertiary/aromatic N) is 2. The van der Waals surface area contributed by atoms with Gasteiger partial charge in [-0.25, -0.2) is 0 Å². The standard InChI is InChI=1S/C13H12N2O/c1-2-12(16)9-15-6-5-11-7-10(8-14)3-4-13(11)15/h3-7H,2,9H2,1H3. The van der Waals surface area contributed by atoms with E-state index >= 15 is 0 Å². The lowest BCUT2D eigenvalue weighted by molar-refractivity contribution is -0.119. The molecule has 0 spiro atoms. The van der Waals surface area contributed by atoms with Crippen LogP contribution in [0.4, 0.5) is 0 Å². The minimum atomic E-state index is 0.210. The average Bonchev–Trinajstić information content (AvgIpc) is 2.71. The Morgan fingerprint density at radius 2 is 2.25 bits per heavy atom. The summed E-state index contributed by atoms with van der Waals surface area (Å²) in [4.78, 5) is 11.4. The Bertz CT molecular complexity index is 575. The summed E-state index contributed by atoms with van der Waals surface area (Å²) in [7, 11) is 0. The second kappa shape index (κ2) is 4.19. The zero-order chi connectivity index (χ0) is 11.5. The second-order valence-electron chi connectivity index (χ2n) is 3.72. The molecule has 2 rings (SSSR count). The van der Waals surface area contributed by atoms with Crippen LogP contribution in [0.3, 0.4) is 0 Å². The van der Waals surface area contributed by atoms with Gasteiger partial charge in [0.1, 0.15) is 0 Å². The van der Waals surface area contributed by atoms with Gasteiger partial charge in [0.05, 0.1) is 18.2 Å². The van der Waals surface area contributed by atoms with Crippen molar-refractivity contribution in [2.75, 3.05) is 0 Å². The van der Waals surface area contributed by atoms with Gasteiger partial charge in [0.2, 0.25) is 0 Å². The maximum atomic E-state index is 11.4. The zero-order valence-corrected chi connectivity index (χ0v) is 9.10. The van der Waals surface area contributed by atoms with Crippen LogP contribution < -0.4 is 0 Å². The topological polar surface area (TPSA) is 45.8 Å². The number of nitriles is 1. The van der Waals surface area contributed by atoms with Crippen molar-refractivity contribution in [1.29, 1.82) is 5.26 Å². The third-order valence-electron chi connectivity index (χ3n) is 2.64. The molecule has 3 nitrogen and oxygen atoms in total. The second-order valence-corrected chi connectivity index (χ2v) is 3.72. The van der Waals surface area contributed by atoms with Crippen molar-refractivity contribution in [2.24, 2.45) is 0 Å². The summed E-state index contributed by atoms with van der Waals surface area (Å²) in [6.45, 7) is 2.27. The number of hydrogen-bond acceptors (Lipinski definition) is 2. The molecule has 16 heavy (non-hydrogen) atoms. The number of rotatable bonds is 3. The van der Waals surface area contributed by atoms with Crippen LogP contribution in [0.2, 0.25) is 0 Å². The van der Waals surface area contributed by atoms with Gasteiger partial charge in [0.25, 0.3) is 0 Å². The van der Waals surface area contributed by atoms with Gasteiger partial charge in [0, 0.05) is 23.5 Å². The van der Waals surface area contributed by atoms with E-state index in [0.29, 0.717) is 18.5 Å². The first-order valence-corrected chi connectivity index (χ1v) is 5.25. The third kappa shape index (κ3) is 1.82. The average molecular weight is 212 g/mol. The van der Waals surface area contributed by atoms with Crippen LogP contribution in [0.15, 0.2) is 30.5 Å². The van der Waals surface area contributed by atoms with E-state index < -0.39 is 0 Å². The first-order chi connectivity index (χ1) is 7.74. The molecule has 0 aliphatic heterocycles. The van der Waals surface area contributed by atoms with Crippen molar-refractivity contribution in [3.05, 3.63) is 36.0 Å². The number of benzene rings is 1. The summed E-state index contributed by atoms with van der Waals surface area (Å²) in [5, 5.41) is 9.78. The predicted octanol–water partition coefficient (Wildman–Crippen LogP) is 2.49. The van der Waals surface area contributed by atoms with E-state index in [2.05, 4.69) is 6.07 Å². The van der Waals surface area contributed by atoms with Gasteiger partial charge in [-0.2, -0.15) is 5.26 Å². The molecular weight excluding hydrogens is 200 g/mol. The number of carbonyl (C=O) groups is 1. The molecule has 0 aliphatic rings. The molecule has 0 fully saturated rings. The van der Waals surface area contributed by atoms with E-state index in [4.69, 9.17) is 5.26 Å². The molecule has 80 valence electrons. The largest absolute Gasteiger partial charge is 0.340 e. The van der Waals surface area contributed by atoms with Crippen LogP contribution in [-0.2, 0) is 11.3 Å². The van der Waals surface area contributed by atoms with Crippen molar-refractivity contribution in [1.82, 2.24) is 4.57 Å². The number of fused-ring (bicyclic) bond motifs is 1. The van der Waals surface area contributed by atoms with Gasteiger partial charge in [-0.15, -0.1) is 0 Å². The Hall–Kier alpha value is -2.08. The van der Waals surface area contributed by atoms with E-state index in [1.165, 1.54) is 0 Å². The summed E-state index contributed by atoms with van der Waals surface area (Å²) in [5.41, 5.74) is 1.65. The number of hydrogen-bond donors (Lipinski definition) is 0. The molecule has 1 heterocycles. The fourth-order valence-electron chi connectivity index (χ4n) is 1.71. The number of ketones is 1. The van der Waals surface area contributed by atoms with Crippen molar-refractivity contribution < 1.29 is 4.79 Å². The molecule has 1 aromatic heterocycles. The molecule has 0 aliphatic carbocycles. The molecular formula is C13H12N2O. The third-order valence-corrected chi connectivity index (χ3v) is 2.64. The molecule has 0 saturated heterocycles. The van der Waals surface area contributed by atoms with Gasteiger partial charge in [-0.1, -0.05) is 6.92 Å². The highest BCUT2D eigenvalue weighted by Crippen LogP contribution is 2.17. The summed E-state index contributed by atoms with van der Waals surface area (Å²) < 4.78 is 1.92. The molecule has 0 amide bonds. The van der Waals surface area contributed by atoms with Gasteiger partial charge in [0.15, 0.2) is 5.78 Å². The number of carbonyl (C=O) groups excluding carboxylic acids is 1. The van der Waals surface area contributed by atoms with Crippen LogP contribution in [0, 0.1) is 11.3 Å². The summed E-state index contributed by atoms with van der Waals surface area (Å²) in [6, 6.07) is 9.53. The zero-order valence-electron chi connectivity index (χ0n) is 9.10. The monoisotopic (exact) mass is 212 g/mol. The first-order valence-electron chi connectivity index (χ1n) is 5.25. The minimum absolute atomic E-state index is 0.210. The lowest BCUT2D eigenvalue weighted by Crippen LogP contribution is -2.07. The maximum absolute atomic E-state index is 11.4. The summed E-state index contributed by atoms with van der Waals surface area (Å²) in [5.74, 6) is 0.210. The minimum Gasteiger partial charge on any atom is -0.340 e. The highest BCUT2D eigenvalue weighted by molar-refractivity contribution is 5.84. The van der Waals surface area contributed by atoms with Gasteiger partial charge >= 0.3 is 0 Å². The molecule has 3 heteroatoms. The predicted molar refractivity (Wildman–Crippen MR) is 62.0 cm³/mol. The quantitative estimate of drug-likeness (QED) is 0.784. The van der Waals surface area contributed by atoms with Crippen molar-refractivity contribution in [2.45, 2.75) is 19.9 Å². The van der Waals surface area contributed by atoms with Gasteiger partial charge in [-0.3, -0.25) is 4.79 Å². The van der Waals surface area contributed by atoms with Crippen LogP contribution in [-0.4, -0.2) is 10.4 Å². The van der Waals surface area contributed by atoms with Crippen LogP contribution in [0.1, 0.15) is 18.9 Å². The Kier molecular flexibility index (Phi) is 2.74. The molecule has 0 saturated carbocycles. The van der Waals surface area contributed by atoms with Gasteiger partial charge in [-0.05, 0) is 24.3 Å². The normalized spacial score (nSPS) is 10.2. The van der Waals surface area contributed by atoms with Crippen molar-refractivity contribution in [3.8, 4) is 6.07 Å². The lowest BCUT2D eigenvalue weighted by atomic mass is 10.2. The van der Waals surface area contributed by atoms with E-state index in [1.54, 1.807) is 6.07 Å². The number of aromatic nitrogens is 1. The van der Waals surface area contributed by atoms with Crippen molar-refractivity contribution in [3.63, 3.8) is 0 Å². The fraction of sp³-hybridized carbons (Fsp3) is 0.231. The van der Waals surface area contributed by atoms with Gasteiger partial charge < -0.3 is 4.57 Å². The molecule has 0 radical (unpaired) electrons. The molecule has 0 unspecified atom stereocenters. The first kappa shape index (κ1) is 10.4. The van der Waals surface area contributed by atoms with Crippen molar-refractivity contribution >= 4 is 16.7 Å². The van der Waals surface area contributed by atoms with E-state index in [1.807, 2.05) is 35.9 Å². The lowest BCUT2D eigenvalue weighted by Gasteiger charge is -2.03. The van der Waals surface area contributed by atoms with Crippen LogP contribution in [0.5, 0.6) is 0 Å². The highest BCUT2D eigenvalue weighted by atomic mass is 16.1. The van der Waals surface area contributed by atoms with E-state index in [9.17, 15) is 4.79 Å². The smallest absolute Gasteiger partial charge is 0.152 e. The highest BCUT2D eigenvalue weighted by Gasteiger charge is 2.05. The molecule has 0 N–H and O–H groups in total. The van der Waals surface area contributed by atoms with Crippen LogP contribution in [0.25, 0.3) is 10.9 Å². The Morgan fingerprint density at radius 1 is 1.44 bits per heavy atom. The summed E-state index contributed by atoms with van der Waals surface area (Å²) in [6.07, 6.45) is 2.44. The number of Topliss-reactive ketones (excluding diaryl/α,β-unsaturated/α-hetero) is 1. The molecule has 0 bridgehead atoms. The van der Waals surface area contributed by atoms with E-state index in [0.717, 1.165) is 10.9 Å². The molecule has 0 atom stereocenters. The fourth-order valence-corrected chi connectivity index (χ4v) is 1.71. The summed E-state index contributed by atoms with van der Waals surface area (Å²) >= 11 is 0. The molecule has 1 aromatic carbocycles. The SMILES string of the molecule is CCC(=O)Cn1ccc2cc(C#N)ccc21. The van der Waals surface area contributed by atoms with Crippen LogP contribution >= 0.6 is 0 Å². The molecule has 2 aromatic rings. The Labute approximate surface area is 93.9 Å².